The second kappa shape index (κ2) is 14.5. The van der Waals surface area contributed by atoms with E-state index in [1.807, 2.05) is 73.6 Å². The molecule has 0 spiro atoms. The van der Waals surface area contributed by atoms with E-state index in [9.17, 15) is 9.59 Å². The van der Waals surface area contributed by atoms with Crippen LogP contribution in [-0.4, -0.2) is 74.7 Å². The van der Waals surface area contributed by atoms with Crippen molar-refractivity contribution in [2.75, 3.05) is 52.1 Å². The zero-order valence-corrected chi connectivity index (χ0v) is 21.2. The van der Waals surface area contributed by atoms with Crippen molar-refractivity contribution in [2.24, 2.45) is 0 Å². The fourth-order valence-electron chi connectivity index (χ4n) is 4.36. The highest BCUT2D eigenvalue weighted by atomic mass is 16.6. The van der Waals surface area contributed by atoms with Crippen LogP contribution in [0.2, 0.25) is 0 Å². The summed E-state index contributed by atoms with van der Waals surface area (Å²) in [6, 6.07) is 17.8. The number of unbranched alkanes of at least 4 members (excludes halogenated alkanes) is 2. The molecule has 0 aliphatic carbocycles. The number of benzene rings is 2. The number of amides is 2. The Morgan fingerprint density at radius 2 is 1.71 bits per heavy atom. The van der Waals surface area contributed by atoms with Crippen LogP contribution in [0.3, 0.4) is 0 Å². The van der Waals surface area contributed by atoms with Gasteiger partial charge < -0.3 is 19.9 Å². The zero-order chi connectivity index (χ0) is 24.9. The summed E-state index contributed by atoms with van der Waals surface area (Å²) in [5.41, 5.74) is 2.77. The molecule has 1 fully saturated rings. The highest BCUT2D eigenvalue weighted by Crippen LogP contribution is 2.28. The smallest absolute Gasteiger partial charge is 0.411 e. The van der Waals surface area contributed by atoms with E-state index in [2.05, 4.69) is 15.5 Å². The normalized spacial score (nSPS) is 14.5. The third kappa shape index (κ3) is 9.00. The molecule has 0 atom stereocenters. The van der Waals surface area contributed by atoms with Gasteiger partial charge in [-0.1, -0.05) is 55.0 Å². The summed E-state index contributed by atoms with van der Waals surface area (Å²) >= 11 is 0. The number of ether oxygens (including phenoxy) is 1. The van der Waals surface area contributed by atoms with Crippen molar-refractivity contribution in [1.82, 2.24) is 15.1 Å². The van der Waals surface area contributed by atoms with E-state index < -0.39 is 6.09 Å². The summed E-state index contributed by atoms with van der Waals surface area (Å²) in [6.07, 6.45) is 4.87. The Labute approximate surface area is 209 Å². The predicted octanol–water partition coefficient (Wildman–Crippen LogP) is 4.60. The van der Waals surface area contributed by atoms with E-state index >= 15 is 0 Å². The number of likely N-dealkylation sites (tertiary alicyclic amines) is 1. The topological polar surface area (TPSA) is 73.9 Å². The molecule has 1 aliphatic heterocycles. The van der Waals surface area contributed by atoms with Crippen LogP contribution in [0, 0.1) is 0 Å². The van der Waals surface area contributed by atoms with Gasteiger partial charge in [-0.25, -0.2) is 4.79 Å². The predicted molar refractivity (Wildman–Crippen MR) is 141 cm³/mol. The molecule has 3 rings (SSSR count). The van der Waals surface area contributed by atoms with Gasteiger partial charge in [-0.3, -0.25) is 10.1 Å². The standard InChI is InChI=1S/C28H40N4O3/c1-29-18-10-4-7-15-27(33)31(2)21-22-32-19-16-24(17-20-32)35-28(34)30-26-14-9-8-13-25(26)23-11-5-3-6-12-23/h3,5-6,8-9,11-14,24,29H,4,7,10,15-22H2,1-2H3,(H,30,34). The Bertz CT molecular complexity index is 913. The van der Waals surface area contributed by atoms with Gasteiger partial charge in [0.25, 0.3) is 0 Å². The number of carbonyl (C=O) groups is 2. The lowest BCUT2D eigenvalue weighted by molar-refractivity contribution is -0.130. The lowest BCUT2D eigenvalue weighted by atomic mass is 10.0. The number of hydrogen-bond donors (Lipinski definition) is 2. The van der Waals surface area contributed by atoms with Gasteiger partial charge in [0.05, 0.1) is 5.69 Å². The van der Waals surface area contributed by atoms with Crippen molar-refractivity contribution in [2.45, 2.75) is 44.6 Å². The maximum atomic E-state index is 12.6. The monoisotopic (exact) mass is 480 g/mol. The maximum Gasteiger partial charge on any atom is 0.411 e. The van der Waals surface area contributed by atoms with E-state index in [4.69, 9.17) is 4.74 Å². The number of piperidine rings is 1. The third-order valence-corrected chi connectivity index (χ3v) is 6.55. The van der Waals surface area contributed by atoms with E-state index in [0.29, 0.717) is 6.42 Å². The largest absolute Gasteiger partial charge is 0.446 e. The molecule has 0 bridgehead atoms. The summed E-state index contributed by atoms with van der Waals surface area (Å²) in [4.78, 5) is 29.1. The summed E-state index contributed by atoms with van der Waals surface area (Å²) < 4.78 is 5.72. The summed E-state index contributed by atoms with van der Waals surface area (Å²) in [7, 11) is 3.85. The highest BCUT2D eigenvalue weighted by Gasteiger charge is 2.23. The first-order valence-corrected chi connectivity index (χ1v) is 12.8. The number of likely N-dealkylation sites (N-methyl/N-ethyl adjacent to an activating group) is 1. The average Bonchev–Trinajstić information content (AvgIpc) is 2.88. The molecule has 0 radical (unpaired) electrons. The number of nitrogens with one attached hydrogen (secondary N) is 2. The van der Waals surface area contributed by atoms with Crippen molar-refractivity contribution in [1.29, 1.82) is 0 Å². The molecule has 0 aromatic heterocycles. The van der Waals surface area contributed by atoms with Crippen LogP contribution >= 0.6 is 0 Å². The fraction of sp³-hybridized carbons (Fsp3) is 0.500. The molecule has 1 heterocycles. The van der Waals surface area contributed by atoms with Crippen molar-refractivity contribution < 1.29 is 14.3 Å². The zero-order valence-electron chi connectivity index (χ0n) is 21.2. The van der Waals surface area contributed by atoms with E-state index in [1.54, 1.807) is 0 Å². The van der Waals surface area contributed by atoms with Gasteiger partial charge in [-0.2, -0.15) is 0 Å². The summed E-state index contributed by atoms with van der Waals surface area (Å²) in [5, 5.41) is 6.06. The number of nitrogens with zero attached hydrogens (tertiary/aromatic N) is 2. The molecule has 190 valence electrons. The summed E-state index contributed by atoms with van der Waals surface area (Å²) in [5.74, 6) is 0.222. The van der Waals surface area contributed by atoms with Crippen molar-refractivity contribution in [3.05, 3.63) is 54.6 Å². The third-order valence-electron chi connectivity index (χ3n) is 6.55. The molecule has 0 unspecified atom stereocenters. The van der Waals surface area contributed by atoms with Crippen molar-refractivity contribution in [3.8, 4) is 11.1 Å². The van der Waals surface area contributed by atoms with E-state index in [-0.39, 0.29) is 12.0 Å². The van der Waals surface area contributed by atoms with Gasteiger partial charge in [0.2, 0.25) is 5.91 Å². The molecule has 2 aromatic rings. The Hall–Kier alpha value is -2.90. The van der Waals surface area contributed by atoms with Gasteiger partial charge in [0, 0.05) is 45.2 Å². The minimum atomic E-state index is -0.410. The molecule has 2 aromatic carbocycles. The first-order valence-electron chi connectivity index (χ1n) is 12.8. The molecular formula is C28H40N4O3. The van der Waals surface area contributed by atoms with Crippen LogP contribution in [-0.2, 0) is 9.53 Å². The number of anilines is 1. The molecule has 35 heavy (non-hydrogen) atoms. The quantitative estimate of drug-likeness (QED) is 0.434. The van der Waals surface area contributed by atoms with Crippen LogP contribution in [0.1, 0.15) is 38.5 Å². The lowest BCUT2D eigenvalue weighted by Crippen LogP contribution is -2.42. The number of carbonyl (C=O) groups excluding carboxylic acids is 2. The van der Waals surface area contributed by atoms with Crippen molar-refractivity contribution in [3.63, 3.8) is 0 Å². The van der Waals surface area contributed by atoms with Crippen molar-refractivity contribution >= 4 is 17.7 Å². The summed E-state index contributed by atoms with van der Waals surface area (Å²) in [6.45, 7) is 4.32. The second-order valence-electron chi connectivity index (χ2n) is 9.21. The van der Waals surface area contributed by atoms with E-state index in [1.165, 1.54) is 0 Å². The fourth-order valence-corrected chi connectivity index (χ4v) is 4.36. The van der Waals surface area contributed by atoms with Crippen LogP contribution in [0.15, 0.2) is 54.6 Å². The van der Waals surface area contributed by atoms with Gasteiger partial charge in [-0.15, -0.1) is 0 Å². The van der Waals surface area contributed by atoms with Gasteiger partial charge in [0.15, 0.2) is 0 Å². The molecule has 7 heteroatoms. The van der Waals surface area contributed by atoms with Crippen LogP contribution in [0.4, 0.5) is 10.5 Å². The molecular weight excluding hydrogens is 440 g/mol. The Morgan fingerprint density at radius 1 is 1.00 bits per heavy atom. The maximum absolute atomic E-state index is 12.6. The highest BCUT2D eigenvalue weighted by molar-refractivity contribution is 5.91. The minimum Gasteiger partial charge on any atom is -0.446 e. The molecule has 0 saturated carbocycles. The average molecular weight is 481 g/mol. The van der Waals surface area contributed by atoms with Crippen LogP contribution in [0.5, 0.6) is 0 Å². The molecule has 1 saturated heterocycles. The lowest BCUT2D eigenvalue weighted by Gasteiger charge is -2.32. The molecule has 2 amide bonds. The van der Waals surface area contributed by atoms with Gasteiger partial charge in [0.1, 0.15) is 6.10 Å². The van der Waals surface area contributed by atoms with Crippen LogP contribution < -0.4 is 10.6 Å². The Kier molecular flexibility index (Phi) is 11.1. The number of hydrogen-bond acceptors (Lipinski definition) is 5. The number of rotatable bonds is 12. The Morgan fingerprint density at radius 3 is 2.46 bits per heavy atom. The van der Waals surface area contributed by atoms with E-state index in [0.717, 1.165) is 81.6 Å². The molecule has 2 N–H and O–H groups in total. The van der Waals surface area contributed by atoms with Gasteiger partial charge in [-0.05, 0) is 50.9 Å². The molecule has 7 nitrogen and oxygen atoms in total. The second-order valence-corrected chi connectivity index (χ2v) is 9.21. The SMILES string of the molecule is CNCCCCCC(=O)N(C)CCN1CCC(OC(=O)Nc2ccccc2-c2ccccc2)CC1. The molecule has 1 aliphatic rings. The van der Waals surface area contributed by atoms with Gasteiger partial charge >= 0.3 is 6.09 Å². The Balaban J connectivity index is 1.36. The minimum absolute atomic E-state index is 0.0906. The first-order chi connectivity index (χ1) is 17.1. The number of para-hydroxylation sites is 1. The van der Waals surface area contributed by atoms with Crippen LogP contribution in [0.25, 0.3) is 11.1 Å². The first kappa shape index (κ1) is 26.7.